The Hall–Kier alpha value is -2.54. The van der Waals surface area contributed by atoms with E-state index in [0.29, 0.717) is 11.4 Å². The summed E-state index contributed by atoms with van der Waals surface area (Å²) in [5.41, 5.74) is 1.29. The highest BCUT2D eigenvalue weighted by molar-refractivity contribution is 7.92. The molecule has 3 rings (SSSR count). The van der Waals surface area contributed by atoms with Crippen LogP contribution in [0.4, 0.5) is 5.69 Å². The minimum absolute atomic E-state index is 0.106. The Balaban J connectivity index is 2.00. The Morgan fingerprint density at radius 3 is 2.50 bits per heavy atom. The summed E-state index contributed by atoms with van der Waals surface area (Å²) in [5.74, 6) is -0.732. The van der Waals surface area contributed by atoms with Gasteiger partial charge in [0.1, 0.15) is 5.75 Å². The van der Waals surface area contributed by atoms with Gasteiger partial charge < -0.3 is 9.84 Å². The van der Waals surface area contributed by atoms with Gasteiger partial charge in [-0.15, -0.1) is 0 Å². The molecule has 126 valence electrons. The van der Waals surface area contributed by atoms with Crippen LogP contribution in [0.5, 0.6) is 5.75 Å². The van der Waals surface area contributed by atoms with Gasteiger partial charge in [-0.25, -0.2) is 8.42 Å². The van der Waals surface area contributed by atoms with Crippen molar-refractivity contribution in [1.29, 1.82) is 0 Å². The van der Waals surface area contributed by atoms with E-state index < -0.39 is 16.0 Å². The van der Waals surface area contributed by atoms with Gasteiger partial charge in [-0.1, -0.05) is 18.2 Å². The molecule has 0 radical (unpaired) electrons. The van der Waals surface area contributed by atoms with E-state index >= 15 is 0 Å². The number of carbonyl (C=O) groups is 1. The Kier molecular flexibility index (Phi) is 4.19. The molecule has 0 aliphatic carbocycles. The summed E-state index contributed by atoms with van der Waals surface area (Å²) in [6, 6.07) is 13.2. The van der Waals surface area contributed by atoms with E-state index in [-0.39, 0.29) is 23.8 Å². The van der Waals surface area contributed by atoms with Gasteiger partial charge in [-0.2, -0.15) is 0 Å². The number of rotatable bonds is 5. The van der Waals surface area contributed by atoms with Crippen molar-refractivity contribution in [2.24, 2.45) is 0 Å². The van der Waals surface area contributed by atoms with Gasteiger partial charge in [-0.3, -0.25) is 9.10 Å². The number of benzene rings is 2. The molecule has 0 saturated heterocycles. The van der Waals surface area contributed by atoms with Gasteiger partial charge in [0.05, 0.1) is 24.1 Å². The van der Waals surface area contributed by atoms with Crippen molar-refractivity contribution < 1.29 is 23.1 Å². The molecule has 0 spiro atoms. The Bertz CT molecular complexity index is 861. The fourth-order valence-electron chi connectivity index (χ4n) is 2.94. The summed E-state index contributed by atoms with van der Waals surface area (Å²) in [6.45, 7) is 0.125. The first kappa shape index (κ1) is 16.3. The molecular formula is C17H17NO5S. The molecule has 7 heteroatoms. The van der Waals surface area contributed by atoms with Crippen molar-refractivity contribution >= 4 is 21.7 Å². The zero-order chi connectivity index (χ0) is 17.3. The number of hydrogen-bond acceptors (Lipinski definition) is 4. The van der Waals surface area contributed by atoms with E-state index in [4.69, 9.17) is 9.84 Å². The SMILES string of the molecule is COc1ccc(S(=O)(=O)N2C[C@@H](CC(=O)O)c3ccccc32)cc1. The molecule has 1 N–H and O–H groups in total. The van der Waals surface area contributed by atoms with Gasteiger partial charge in [0.15, 0.2) is 0 Å². The van der Waals surface area contributed by atoms with Gasteiger partial charge >= 0.3 is 5.97 Å². The molecule has 2 aromatic rings. The van der Waals surface area contributed by atoms with Crippen LogP contribution in [0, 0.1) is 0 Å². The maximum atomic E-state index is 13.0. The lowest BCUT2D eigenvalue weighted by molar-refractivity contribution is -0.137. The van der Waals surface area contributed by atoms with Gasteiger partial charge in [-0.05, 0) is 35.9 Å². The fourth-order valence-corrected chi connectivity index (χ4v) is 4.48. The third-order valence-electron chi connectivity index (χ3n) is 4.10. The minimum atomic E-state index is -3.76. The number of aliphatic carboxylic acids is 1. The highest BCUT2D eigenvalue weighted by Crippen LogP contribution is 2.41. The van der Waals surface area contributed by atoms with E-state index in [1.165, 1.54) is 23.5 Å². The summed E-state index contributed by atoms with van der Waals surface area (Å²) in [5, 5.41) is 9.08. The molecule has 2 aromatic carbocycles. The normalized spacial score (nSPS) is 16.7. The first-order valence-corrected chi connectivity index (χ1v) is 8.85. The highest BCUT2D eigenvalue weighted by atomic mass is 32.2. The lowest BCUT2D eigenvalue weighted by atomic mass is 9.98. The van der Waals surface area contributed by atoms with Crippen LogP contribution in [0.3, 0.4) is 0 Å². The van der Waals surface area contributed by atoms with Crippen molar-refractivity contribution in [2.45, 2.75) is 17.2 Å². The first-order valence-electron chi connectivity index (χ1n) is 7.41. The standard InChI is InChI=1S/C17H17NO5S/c1-23-13-6-8-14(9-7-13)24(21,22)18-11-12(10-17(19)20)15-4-2-3-5-16(15)18/h2-9,12H,10-11H2,1H3,(H,19,20)/t12-/m1/s1. The molecule has 6 nitrogen and oxygen atoms in total. The average molecular weight is 347 g/mol. The monoisotopic (exact) mass is 347 g/mol. The molecule has 24 heavy (non-hydrogen) atoms. The predicted molar refractivity (Wildman–Crippen MR) is 89.0 cm³/mol. The number of anilines is 1. The van der Waals surface area contributed by atoms with Crippen LogP contribution in [-0.4, -0.2) is 33.1 Å². The second-order valence-corrected chi connectivity index (χ2v) is 7.43. The van der Waals surface area contributed by atoms with E-state index in [1.807, 2.05) is 0 Å². The van der Waals surface area contributed by atoms with Crippen LogP contribution in [0.25, 0.3) is 0 Å². The zero-order valence-corrected chi connectivity index (χ0v) is 13.9. The van der Waals surface area contributed by atoms with E-state index in [9.17, 15) is 13.2 Å². The second kappa shape index (κ2) is 6.16. The Morgan fingerprint density at radius 1 is 1.21 bits per heavy atom. The number of ether oxygens (including phenoxy) is 1. The summed E-state index contributed by atoms with van der Waals surface area (Å²) >= 11 is 0. The largest absolute Gasteiger partial charge is 0.497 e. The van der Waals surface area contributed by atoms with Crippen LogP contribution in [0.2, 0.25) is 0 Å². The van der Waals surface area contributed by atoms with Crippen LogP contribution in [0.15, 0.2) is 53.4 Å². The van der Waals surface area contributed by atoms with Crippen molar-refractivity contribution in [1.82, 2.24) is 0 Å². The number of carboxylic acids is 1. The number of carboxylic acid groups (broad SMARTS) is 1. The molecule has 0 saturated carbocycles. The molecule has 0 fully saturated rings. The summed E-state index contributed by atoms with van der Waals surface area (Å²) in [6.07, 6.45) is -0.106. The molecule has 1 atom stereocenters. The van der Waals surface area contributed by atoms with Crippen molar-refractivity contribution in [3.8, 4) is 5.75 Å². The Morgan fingerprint density at radius 2 is 1.88 bits per heavy atom. The second-order valence-electron chi connectivity index (χ2n) is 5.57. The van der Waals surface area contributed by atoms with E-state index in [0.717, 1.165) is 5.56 Å². The summed E-state index contributed by atoms with van der Waals surface area (Å²) in [7, 11) is -2.25. The predicted octanol–water partition coefficient (Wildman–Crippen LogP) is 2.46. The summed E-state index contributed by atoms with van der Waals surface area (Å²) in [4.78, 5) is 11.2. The maximum absolute atomic E-state index is 13.0. The molecule has 1 aliphatic heterocycles. The molecule has 0 unspecified atom stereocenters. The number of hydrogen-bond donors (Lipinski definition) is 1. The summed E-state index contributed by atoms with van der Waals surface area (Å²) < 4.78 is 32.3. The van der Waals surface area contributed by atoms with Gasteiger partial charge in [0.2, 0.25) is 0 Å². The number of sulfonamides is 1. The van der Waals surface area contributed by atoms with E-state index in [2.05, 4.69) is 0 Å². The first-order chi connectivity index (χ1) is 11.4. The quantitative estimate of drug-likeness (QED) is 0.898. The van der Waals surface area contributed by atoms with Gasteiger partial charge in [0.25, 0.3) is 10.0 Å². The van der Waals surface area contributed by atoms with Crippen LogP contribution < -0.4 is 9.04 Å². The molecule has 0 amide bonds. The molecule has 0 bridgehead atoms. The van der Waals surface area contributed by atoms with Gasteiger partial charge in [0, 0.05) is 12.5 Å². The lowest BCUT2D eigenvalue weighted by Crippen LogP contribution is -2.30. The van der Waals surface area contributed by atoms with Crippen LogP contribution in [-0.2, 0) is 14.8 Å². The zero-order valence-electron chi connectivity index (χ0n) is 13.0. The van der Waals surface area contributed by atoms with E-state index in [1.54, 1.807) is 36.4 Å². The smallest absolute Gasteiger partial charge is 0.304 e. The number of fused-ring (bicyclic) bond motifs is 1. The molecule has 1 aliphatic rings. The maximum Gasteiger partial charge on any atom is 0.304 e. The fraction of sp³-hybridized carbons (Fsp3) is 0.235. The lowest BCUT2D eigenvalue weighted by Gasteiger charge is -2.20. The number of nitrogens with zero attached hydrogens (tertiary/aromatic N) is 1. The Labute approximate surface area is 140 Å². The third-order valence-corrected chi connectivity index (χ3v) is 5.89. The topological polar surface area (TPSA) is 83.9 Å². The van der Waals surface area contributed by atoms with Crippen molar-refractivity contribution in [3.05, 3.63) is 54.1 Å². The molecule has 1 heterocycles. The van der Waals surface area contributed by atoms with Crippen molar-refractivity contribution in [2.75, 3.05) is 18.0 Å². The van der Waals surface area contributed by atoms with Crippen LogP contribution in [0.1, 0.15) is 17.9 Å². The third kappa shape index (κ3) is 2.82. The average Bonchev–Trinajstić information content (AvgIpc) is 2.94. The van der Waals surface area contributed by atoms with Crippen molar-refractivity contribution in [3.63, 3.8) is 0 Å². The number of para-hydroxylation sites is 1. The molecular weight excluding hydrogens is 330 g/mol. The molecule has 0 aromatic heterocycles. The van der Waals surface area contributed by atoms with Crippen LogP contribution >= 0.6 is 0 Å². The number of methoxy groups -OCH3 is 1. The highest BCUT2D eigenvalue weighted by Gasteiger charge is 2.37. The minimum Gasteiger partial charge on any atom is -0.497 e.